The maximum absolute atomic E-state index is 5.86. The Bertz CT molecular complexity index is 892. The third kappa shape index (κ3) is 3.78. The zero-order valence-electron chi connectivity index (χ0n) is 15.5. The molecule has 0 bridgehead atoms. The number of hydrogen-bond acceptors (Lipinski definition) is 4. The van der Waals surface area contributed by atoms with Gasteiger partial charge in [-0.15, -0.1) is 11.6 Å². The average molecular weight is 374 g/mol. The summed E-state index contributed by atoms with van der Waals surface area (Å²) in [6.45, 7) is 2.91. The van der Waals surface area contributed by atoms with E-state index in [-0.39, 0.29) is 0 Å². The third-order valence-corrected chi connectivity index (χ3v) is 4.78. The molecular weight excluding hydrogens is 350 g/mol. The van der Waals surface area contributed by atoms with E-state index in [1.165, 1.54) is 0 Å². The highest BCUT2D eigenvalue weighted by Gasteiger charge is 2.16. The van der Waals surface area contributed by atoms with Gasteiger partial charge in [0.15, 0.2) is 5.65 Å². The van der Waals surface area contributed by atoms with Crippen LogP contribution in [0.15, 0.2) is 30.5 Å². The van der Waals surface area contributed by atoms with Crippen LogP contribution in [-0.4, -0.2) is 34.6 Å². The minimum absolute atomic E-state index is 0.650. The Labute approximate surface area is 158 Å². The fourth-order valence-corrected chi connectivity index (χ4v) is 3.30. The van der Waals surface area contributed by atoms with Crippen LogP contribution in [0.1, 0.15) is 29.8 Å². The van der Waals surface area contributed by atoms with Gasteiger partial charge in [-0.1, -0.05) is 0 Å². The average Bonchev–Trinajstić information content (AvgIpc) is 3.01. The summed E-state index contributed by atoms with van der Waals surface area (Å²) in [4.78, 5) is 9.46. The van der Waals surface area contributed by atoms with E-state index in [0.717, 1.165) is 59.0 Å². The van der Waals surface area contributed by atoms with Gasteiger partial charge in [-0.3, -0.25) is 0 Å². The first-order valence-electron chi connectivity index (χ1n) is 8.75. The molecule has 0 spiro atoms. The molecule has 0 unspecified atom stereocenters. The Hall–Kier alpha value is -2.27. The van der Waals surface area contributed by atoms with Gasteiger partial charge in [0.05, 0.1) is 14.2 Å². The fraction of sp³-hybridized carbons (Fsp3) is 0.400. The molecule has 6 heteroatoms. The standard InChI is InChI=1S/C20H24ClN3O2/c1-14-8-10-22-20-19(14)23-18(24(20)11-5-4-9-21)13-15-12-16(25-2)6-7-17(15)26-3/h6-8,10,12H,4-5,9,11,13H2,1-3H3. The lowest BCUT2D eigenvalue weighted by Crippen LogP contribution is -2.07. The first-order valence-corrected chi connectivity index (χ1v) is 9.29. The zero-order chi connectivity index (χ0) is 18.5. The van der Waals surface area contributed by atoms with Crippen molar-refractivity contribution in [2.24, 2.45) is 0 Å². The normalized spacial score (nSPS) is 11.1. The van der Waals surface area contributed by atoms with Crippen molar-refractivity contribution in [2.75, 3.05) is 20.1 Å². The molecule has 0 fully saturated rings. The van der Waals surface area contributed by atoms with Gasteiger partial charge in [-0.2, -0.15) is 0 Å². The van der Waals surface area contributed by atoms with E-state index < -0.39 is 0 Å². The SMILES string of the molecule is COc1ccc(OC)c(Cc2nc3c(C)ccnc3n2CCCCCl)c1. The van der Waals surface area contributed by atoms with E-state index in [4.69, 9.17) is 26.1 Å². The van der Waals surface area contributed by atoms with Gasteiger partial charge in [-0.05, 0) is 49.6 Å². The van der Waals surface area contributed by atoms with Gasteiger partial charge in [0.25, 0.3) is 0 Å². The Morgan fingerprint density at radius 1 is 1.12 bits per heavy atom. The molecule has 0 radical (unpaired) electrons. The summed E-state index contributed by atoms with van der Waals surface area (Å²) in [5, 5.41) is 0. The summed E-state index contributed by atoms with van der Waals surface area (Å²) >= 11 is 5.86. The second-order valence-electron chi connectivity index (χ2n) is 6.23. The number of nitrogens with zero attached hydrogens (tertiary/aromatic N) is 3. The molecule has 0 saturated carbocycles. The number of imidazole rings is 1. The molecule has 138 valence electrons. The number of fused-ring (bicyclic) bond motifs is 1. The highest BCUT2D eigenvalue weighted by Crippen LogP contribution is 2.28. The van der Waals surface area contributed by atoms with E-state index in [9.17, 15) is 0 Å². The molecule has 0 atom stereocenters. The first-order chi connectivity index (χ1) is 12.7. The zero-order valence-corrected chi connectivity index (χ0v) is 16.2. The van der Waals surface area contributed by atoms with Gasteiger partial charge < -0.3 is 14.0 Å². The number of unbranched alkanes of at least 4 members (excludes halogenated alkanes) is 1. The van der Waals surface area contributed by atoms with Crippen molar-refractivity contribution in [2.45, 2.75) is 32.7 Å². The number of pyridine rings is 1. The van der Waals surface area contributed by atoms with E-state index >= 15 is 0 Å². The smallest absolute Gasteiger partial charge is 0.160 e. The Morgan fingerprint density at radius 3 is 2.69 bits per heavy atom. The number of rotatable bonds is 8. The summed E-state index contributed by atoms with van der Waals surface area (Å²) in [6.07, 6.45) is 4.45. The van der Waals surface area contributed by atoms with Crippen molar-refractivity contribution < 1.29 is 9.47 Å². The van der Waals surface area contributed by atoms with Crippen LogP contribution < -0.4 is 9.47 Å². The maximum atomic E-state index is 5.86. The molecule has 26 heavy (non-hydrogen) atoms. The van der Waals surface area contributed by atoms with E-state index in [2.05, 4.69) is 16.5 Å². The molecule has 0 amide bonds. The molecule has 3 rings (SSSR count). The fourth-order valence-electron chi connectivity index (χ4n) is 3.11. The molecule has 2 aromatic heterocycles. The van der Waals surface area contributed by atoms with Gasteiger partial charge in [-0.25, -0.2) is 9.97 Å². The Kier molecular flexibility index (Phi) is 5.99. The first kappa shape index (κ1) is 18.5. The lowest BCUT2D eigenvalue weighted by atomic mass is 10.1. The highest BCUT2D eigenvalue weighted by molar-refractivity contribution is 6.17. The molecule has 2 heterocycles. The Balaban J connectivity index is 2.04. The van der Waals surface area contributed by atoms with E-state index in [1.54, 1.807) is 14.2 Å². The number of aryl methyl sites for hydroxylation is 2. The van der Waals surface area contributed by atoms with Crippen molar-refractivity contribution in [1.82, 2.24) is 14.5 Å². The molecule has 5 nitrogen and oxygen atoms in total. The number of ether oxygens (including phenoxy) is 2. The molecule has 0 aliphatic carbocycles. The molecule has 1 aromatic carbocycles. The van der Waals surface area contributed by atoms with Crippen LogP contribution >= 0.6 is 11.6 Å². The highest BCUT2D eigenvalue weighted by atomic mass is 35.5. The van der Waals surface area contributed by atoms with Gasteiger partial charge in [0.2, 0.25) is 0 Å². The largest absolute Gasteiger partial charge is 0.497 e. The van der Waals surface area contributed by atoms with Crippen LogP contribution in [0.4, 0.5) is 0 Å². The monoisotopic (exact) mass is 373 g/mol. The summed E-state index contributed by atoms with van der Waals surface area (Å²) in [5.74, 6) is 3.27. The van der Waals surface area contributed by atoms with E-state index in [0.29, 0.717) is 12.3 Å². The minimum atomic E-state index is 0.650. The number of methoxy groups -OCH3 is 2. The lowest BCUT2D eigenvalue weighted by Gasteiger charge is -2.12. The van der Waals surface area contributed by atoms with Crippen LogP contribution in [0.3, 0.4) is 0 Å². The molecule has 3 aromatic rings. The molecule has 0 aliphatic heterocycles. The van der Waals surface area contributed by atoms with Crippen LogP contribution in [0.25, 0.3) is 11.2 Å². The number of aromatic nitrogens is 3. The number of hydrogen-bond donors (Lipinski definition) is 0. The molecule has 0 aliphatic rings. The van der Waals surface area contributed by atoms with Crippen molar-refractivity contribution in [1.29, 1.82) is 0 Å². The topological polar surface area (TPSA) is 49.2 Å². The lowest BCUT2D eigenvalue weighted by molar-refractivity contribution is 0.399. The van der Waals surface area contributed by atoms with Gasteiger partial charge in [0, 0.05) is 30.6 Å². The van der Waals surface area contributed by atoms with Gasteiger partial charge in [0.1, 0.15) is 22.8 Å². The molecule has 0 saturated heterocycles. The van der Waals surface area contributed by atoms with Crippen molar-refractivity contribution in [3.63, 3.8) is 0 Å². The number of alkyl halides is 1. The number of benzene rings is 1. The van der Waals surface area contributed by atoms with Crippen LogP contribution in [-0.2, 0) is 13.0 Å². The van der Waals surface area contributed by atoms with Crippen molar-refractivity contribution >= 4 is 22.8 Å². The predicted octanol–water partition coefficient (Wildman–Crippen LogP) is 4.37. The van der Waals surface area contributed by atoms with Crippen LogP contribution in [0, 0.1) is 6.92 Å². The van der Waals surface area contributed by atoms with Crippen LogP contribution in [0.5, 0.6) is 11.5 Å². The predicted molar refractivity (Wildman–Crippen MR) is 105 cm³/mol. The van der Waals surface area contributed by atoms with Crippen molar-refractivity contribution in [3.05, 3.63) is 47.4 Å². The second-order valence-corrected chi connectivity index (χ2v) is 6.61. The summed E-state index contributed by atoms with van der Waals surface area (Å²) in [5.41, 5.74) is 4.05. The summed E-state index contributed by atoms with van der Waals surface area (Å²) in [6, 6.07) is 7.82. The third-order valence-electron chi connectivity index (χ3n) is 4.52. The summed E-state index contributed by atoms with van der Waals surface area (Å²) < 4.78 is 13.1. The quantitative estimate of drug-likeness (QED) is 0.434. The molecular formula is C20H24ClN3O2. The maximum Gasteiger partial charge on any atom is 0.160 e. The van der Waals surface area contributed by atoms with E-state index in [1.807, 2.05) is 30.5 Å². The molecule has 0 N–H and O–H groups in total. The van der Waals surface area contributed by atoms with Crippen molar-refractivity contribution in [3.8, 4) is 11.5 Å². The van der Waals surface area contributed by atoms with Gasteiger partial charge >= 0.3 is 0 Å². The summed E-state index contributed by atoms with van der Waals surface area (Å²) in [7, 11) is 3.35. The Morgan fingerprint density at radius 2 is 1.96 bits per heavy atom. The minimum Gasteiger partial charge on any atom is -0.497 e. The second kappa shape index (κ2) is 8.41. The number of halogens is 1. The van der Waals surface area contributed by atoms with Crippen LogP contribution in [0.2, 0.25) is 0 Å².